The van der Waals surface area contributed by atoms with Gasteiger partial charge in [0.2, 0.25) is 10.0 Å². The van der Waals surface area contributed by atoms with Crippen molar-refractivity contribution in [1.82, 2.24) is 25.0 Å². The Hall–Kier alpha value is -5.28. The number of amides is 6. The van der Waals surface area contributed by atoms with Crippen molar-refractivity contribution >= 4 is 40.6 Å². The molecule has 1 aliphatic heterocycles. The summed E-state index contributed by atoms with van der Waals surface area (Å²) in [7, 11) is -3.91. The molecular formula is C29H29N5O9S+. The number of urea groups is 2. The molecule has 44 heavy (non-hydrogen) atoms. The Morgan fingerprint density at radius 2 is 1.55 bits per heavy atom. The third kappa shape index (κ3) is 8.39. The molecule has 0 aromatic heterocycles. The first kappa shape index (κ1) is 31.7. The van der Waals surface area contributed by atoms with E-state index in [1.165, 1.54) is 24.3 Å². The van der Waals surface area contributed by atoms with Gasteiger partial charge in [0.25, 0.3) is 5.91 Å². The number of sulfonamides is 1. The Labute approximate surface area is 253 Å². The Kier molecular flexibility index (Phi) is 10.3. The van der Waals surface area contributed by atoms with Gasteiger partial charge in [-0.05, 0) is 23.3 Å². The van der Waals surface area contributed by atoms with Crippen LogP contribution in [-0.4, -0.2) is 67.5 Å². The highest BCUT2D eigenvalue weighted by molar-refractivity contribution is 7.88. The second-order valence-corrected chi connectivity index (χ2v) is 11.4. The van der Waals surface area contributed by atoms with E-state index in [0.717, 1.165) is 16.8 Å². The number of hydrogen-bond donors (Lipinski definition) is 2. The molecule has 0 spiro atoms. The third-order valence-corrected chi connectivity index (χ3v) is 7.48. The van der Waals surface area contributed by atoms with Crippen LogP contribution >= 0.6 is 0 Å². The second-order valence-electron chi connectivity index (χ2n) is 9.54. The second kappa shape index (κ2) is 14.3. The lowest BCUT2D eigenvalue weighted by Crippen LogP contribution is -2.53. The van der Waals surface area contributed by atoms with Crippen molar-refractivity contribution in [3.63, 3.8) is 0 Å². The first-order chi connectivity index (χ1) is 21.0. The standard InChI is InChI=1S/C29H29N5O9S/c1-44(40,41)34-17-16-33(28(34)38)27(37)30-25(26(36)31-32(20-35)18-21-8-4-2-5-9-21)23-12-14-24(15-13-23)43-29(39)42-19-22-10-6-3-7-11-22/h2-15,20,25H,16-19H2,1H3,(H,30,37)(H,31,36)/q+1. The number of rotatable bonds is 11. The van der Waals surface area contributed by atoms with E-state index in [1.54, 1.807) is 54.6 Å². The van der Waals surface area contributed by atoms with Crippen LogP contribution in [0.25, 0.3) is 0 Å². The average molecular weight is 624 g/mol. The Bertz CT molecular complexity index is 1600. The summed E-state index contributed by atoms with van der Waals surface area (Å²) in [6.45, 7) is -0.473. The molecule has 229 valence electrons. The molecule has 3 aromatic rings. The molecule has 1 atom stereocenters. The molecule has 1 heterocycles. The summed E-state index contributed by atoms with van der Waals surface area (Å²) in [6, 6.07) is 19.7. The summed E-state index contributed by atoms with van der Waals surface area (Å²) >= 11 is 0. The summed E-state index contributed by atoms with van der Waals surface area (Å²) in [5.41, 5.74) is 4.10. The van der Waals surface area contributed by atoms with Gasteiger partial charge in [-0.1, -0.05) is 72.8 Å². The molecule has 4 rings (SSSR count). The third-order valence-electron chi connectivity index (χ3n) is 6.34. The number of ether oxygens (including phenoxy) is 2. The minimum Gasteiger partial charge on any atom is -0.429 e. The number of carbonyl (C=O) groups is 5. The van der Waals surface area contributed by atoms with Crippen LogP contribution in [0.2, 0.25) is 0 Å². The van der Waals surface area contributed by atoms with Gasteiger partial charge in [0.15, 0.2) is 6.54 Å². The fourth-order valence-electron chi connectivity index (χ4n) is 4.17. The van der Waals surface area contributed by atoms with Crippen molar-refractivity contribution < 1.29 is 41.9 Å². The molecule has 1 radical (unpaired) electrons. The molecule has 1 saturated heterocycles. The van der Waals surface area contributed by atoms with Crippen LogP contribution in [-0.2, 0) is 37.5 Å². The van der Waals surface area contributed by atoms with E-state index in [1.807, 2.05) is 6.07 Å². The highest BCUT2D eigenvalue weighted by atomic mass is 32.2. The summed E-state index contributed by atoms with van der Waals surface area (Å²) < 4.78 is 34.6. The van der Waals surface area contributed by atoms with Gasteiger partial charge in [0.1, 0.15) is 18.4 Å². The fraction of sp³-hybridized carbons (Fsp3) is 0.207. The van der Waals surface area contributed by atoms with Crippen molar-refractivity contribution in [2.45, 2.75) is 19.2 Å². The number of hydrazine groups is 1. The lowest BCUT2D eigenvalue weighted by atomic mass is 10.1. The zero-order chi connectivity index (χ0) is 31.7. The van der Waals surface area contributed by atoms with E-state index >= 15 is 0 Å². The maximum atomic E-state index is 13.4. The van der Waals surface area contributed by atoms with Crippen molar-refractivity contribution in [1.29, 1.82) is 0 Å². The van der Waals surface area contributed by atoms with E-state index < -0.39 is 40.2 Å². The molecule has 0 aliphatic carbocycles. The monoisotopic (exact) mass is 623 g/mol. The van der Waals surface area contributed by atoms with Gasteiger partial charge in [0, 0.05) is 10.6 Å². The smallest absolute Gasteiger partial charge is 0.429 e. The quantitative estimate of drug-likeness (QED) is 0.107. The van der Waals surface area contributed by atoms with Crippen LogP contribution in [0.4, 0.5) is 14.4 Å². The normalized spacial score (nSPS) is 13.7. The molecule has 1 unspecified atom stereocenters. The molecule has 3 aromatic carbocycles. The average Bonchev–Trinajstić information content (AvgIpc) is 3.42. The van der Waals surface area contributed by atoms with E-state index in [-0.39, 0.29) is 37.6 Å². The molecule has 2 N–H and O–H groups in total. The van der Waals surface area contributed by atoms with Gasteiger partial charge in [-0.25, -0.2) is 36.8 Å². The van der Waals surface area contributed by atoms with Crippen LogP contribution in [0.15, 0.2) is 84.9 Å². The van der Waals surface area contributed by atoms with Crippen LogP contribution in [0, 0.1) is 0 Å². The minimum absolute atomic E-state index is 0.00573. The maximum Gasteiger partial charge on any atom is 0.514 e. The van der Waals surface area contributed by atoms with E-state index in [2.05, 4.69) is 10.7 Å². The molecular weight excluding hydrogens is 594 g/mol. The van der Waals surface area contributed by atoms with Crippen molar-refractivity contribution in [3.05, 3.63) is 102 Å². The van der Waals surface area contributed by atoms with Crippen LogP contribution in [0.5, 0.6) is 5.75 Å². The molecule has 15 heteroatoms. The molecule has 0 saturated carbocycles. The van der Waals surface area contributed by atoms with Gasteiger partial charge < -0.3 is 14.8 Å². The highest BCUT2D eigenvalue weighted by Crippen LogP contribution is 2.21. The largest absolute Gasteiger partial charge is 0.514 e. The minimum atomic E-state index is -3.91. The molecule has 14 nitrogen and oxygen atoms in total. The molecule has 1 aliphatic rings. The maximum absolute atomic E-state index is 13.4. The number of imide groups is 1. The van der Waals surface area contributed by atoms with Crippen LogP contribution in [0.3, 0.4) is 0 Å². The Morgan fingerprint density at radius 1 is 0.932 bits per heavy atom. The van der Waals surface area contributed by atoms with Crippen LogP contribution < -0.4 is 20.5 Å². The zero-order valence-corrected chi connectivity index (χ0v) is 24.3. The van der Waals surface area contributed by atoms with Gasteiger partial charge >= 0.3 is 24.6 Å². The summed E-state index contributed by atoms with van der Waals surface area (Å²) in [6.07, 6.45) is 0.273. The van der Waals surface area contributed by atoms with E-state index in [4.69, 9.17) is 9.47 Å². The number of nitrogens with one attached hydrogen (secondary N) is 2. The topological polar surface area (TPSA) is 174 Å². The summed E-state index contributed by atoms with van der Waals surface area (Å²) in [5, 5.41) is 3.40. The van der Waals surface area contributed by atoms with Crippen molar-refractivity contribution in [2.24, 2.45) is 0 Å². The Balaban J connectivity index is 1.49. The number of nitrogens with zero attached hydrogens (tertiary/aromatic N) is 3. The number of carbonyl (C=O) groups excluding carboxylic acids is 5. The van der Waals surface area contributed by atoms with Crippen molar-refractivity contribution in [3.8, 4) is 5.75 Å². The lowest BCUT2D eigenvalue weighted by molar-refractivity contribution is -0.130. The first-order valence-electron chi connectivity index (χ1n) is 13.2. The predicted molar refractivity (Wildman–Crippen MR) is 155 cm³/mol. The fourth-order valence-corrected chi connectivity index (χ4v) is 4.97. The highest BCUT2D eigenvalue weighted by Gasteiger charge is 2.40. The van der Waals surface area contributed by atoms with E-state index in [0.29, 0.717) is 21.2 Å². The van der Waals surface area contributed by atoms with Gasteiger partial charge in [-0.2, -0.15) is 0 Å². The Morgan fingerprint density at radius 3 is 2.11 bits per heavy atom. The van der Waals surface area contributed by atoms with Gasteiger partial charge in [-0.15, -0.1) is 5.43 Å². The SMILES string of the molecule is CS(=O)(=O)N1CCN(C(=O)NC(C(=O)N[N+](C=O)Cc2ccccc2)c2ccc(OC(=O)OCc3ccccc3)cc2)C1=O. The molecule has 1 fully saturated rings. The number of benzene rings is 3. The van der Waals surface area contributed by atoms with Gasteiger partial charge in [0.05, 0.1) is 19.3 Å². The first-order valence-corrected chi connectivity index (χ1v) is 15.0. The van der Waals surface area contributed by atoms with Crippen molar-refractivity contribution in [2.75, 3.05) is 19.3 Å². The summed E-state index contributed by atoms with van der Waals surface area (Å²) in [5.74, 6) is -0.765. The van der Waals surface area contributed by atoms with E-state index in [9.17, 15) is 32.4 Å². The van der Waals surface area contributed by atoms with Gasteiger partial charge in [-0.3, -0.25) is 4.79 Å². The van der Waals surface area contributed by atoms with Crippen LogP contribution in [0.1, 0.15) is 22.7 Å². The summed E-state index contributed by atoms with van der Waals surface area (Å²) in [4.78, 5) is 63.6. The number of hydrogen-bond acceptors (Lipinski definition) is 9. The molecule has 6 amide bonds. The predicted octanol–water partition coefficient (Wildman–Crippen LogP) is 2.38. The lowest BCUT2D eigenvalue weighted by Gasteiger charge is -2.22. The zero-order valence-electron chi connectivity index (χ0n) is 23.5. The molecule has 0 bridgehead atoms.